The molecule has 0 radical (unpaired) electrons. The second-order valence-corrected chi connectivity index (χ2v) is 5.46. The minimum Gasteiger partial charge on any atom is -0.338 e. The van der Waals surface area contributed by atoms with Gasteiger partial charge in [-0.15, -0.1) is 0 Å². The fourth-order valence-electron chi connectivity index (χ4n) is 2.21. The molecule has 1 N–H and O–H groups in total. The van der Waals surface area contributed by atoms with E-state index in [-0.39, 0.29) is 31.1 Å². The van der Waals surface area contributed by atoms with E-state index in [1.165, 1.54) is 24.0 Å². The van der Waals surface area contributed by atoms with E-state index < -0.39 is 23.4 Å². The Morgan fingerprint density at radius 3 is 2.36 bits per heavy atom. The molecule has 25 heavy (non-hydrogen) atoms. The molecule has 2 aromatic carbocycles. The average molecular weight is 350 g/mol. The fourth-order valence-corrected chi connectivity index (χ4v) is 2.21. The molecule has 0 aliphatic rings. The summed E-state index contributed by atoms with van der Waals surface area (Å²) >= 11 is 0. The van der Waals surface area contributed by atoms with Crippen molar-refractivity contribution in [1.29, 1.82) is 0 Å². The van der Waals surface area contributed by atoms with E-state index in [9.17, 15) is 22.8 Å². The molecule has 0 saturated heterocycles. The van der Waals surface area contributed by atoms with E-state index in [0.29, 0.717) is 5.56 Å². The second kappa shape index (κ2) is 8.32. The molecule has 2 amide bonds. The van der Waals surface area contributed by atoms with Crippen molar-refractivity contribution in [3.05, 3.63) is 65.5 Å². The number of halogens is 3. The Morgan fingerprint density at radius 1 is 1.00 bits per heavy atom. The Hall–Kier alpha value is -2.83. The van der Waals surface area contributed by atoms with Crippen molar-refractivity contribution in [1.82, 2.24) is 4.90 Å². The maximum absolute atomic E-state index is 13.7. The van der Waals surface area contributed by atoms with E-state index in [4.69, 9.17) is 0 Å². The summed E-state index contributed by atoms with van der Waals surface area (Å²) in [6, 6.07) is 9.08. The van der Waals surface area contributed by atoms with Crippen LogP contribution in [0.5, 0.6) is 0 Å². The zero-order chi connectivity index (χ0) is 18.4. The van der Waals surface area contributed by atoms with Gasteiger partial charge in [-0.3, -0.25) is 9.59 Å². The van der Waals surface area contributed by atoms with Gasteiger partial charge in [0.05, 0.1) is 0 Å². The van der Waals surface area contributed by atoms with Crippen molar-refractivity contribution in [3.63, 3.8) is 0 Å². The lowest BCUT2D eigenvalue weighted by molar-refractivity contribution is -0.130. The molecule has 7 heteroatoms. The van der Waals surface area contributed by atoms with Gasteiger partial charge in [0.15, 0.2) is 11.6 Å². The van der Waals surface area contributed by atoms with Gasteiger partial charge in [-0.2, -0.15) is 0 Å². The van der Waals surface area contributed by atoms with Gasteiger partial charge < -0.3 is 10.2 Å². The van der Waals surface area contributed by atoms with Crippen molar-refractivity contribution < 1.29 is 22.8 Å². The van der Waals surface area contributed by atoms with Crippen LogP contribution in [-0.4, -0.2) is 23.3 Å². The summed E-state index contributed by atoms with van der Waals surface area (Å²) in [5, 5.41) is 2.42. The maximum Gasteiger partial charge on any atom is 0.226 e. The van der Waals surface area contributed by atoms with Crippen LogP contribution in [0.25, 0.3) is 0 Å². The number of rotatable bonds is 6. The zero-order valence-electron chi connectivity index (χ0n) is 13.6. The van der Waals surface area contributed by atoms with Gasteiger partial charge in [0.2, 0.25) is 11.8 Å². The Bertz CT molecular complexity index is 781. The Morgan fingerprint density at radius 2 is 1.72 bits per heavy atom. The molecule has 0 atom stereocenters. The molecular formula is C18H17F3N2O2. The van der Waals surface area contributed by atoms with Gasteiger partial charge >= 0.3 is 0 Å². The highest BCUT2D eigenvalue weighted by Crippen LogP contribution is 2.14. The van der Waals surface area contributed by atoms with Gasteiger partial charge in [-0.05, 0) is 18.2 Å². The zero-order valence-corrected chi connectivity index (χ0v) is 13.6. The Balaban J connectivity index is 1.94. The molecule has 0 unspecified atom stereocenters. The average Bonchev–Trinajstić information content (AvgIpc) is 2.56. The lowest BCUT2D eigenvalue weighted by Crippen LogP contribution is -2.31. The first-order chi connectivity index (χ1) is 11.9. The van der Waals surface area contributed by atoms with Gasteiger partial charge in [0.25, 0.3) is 0 Å². The van der Waals surface area contributed by atoms with E-state index in [2.05, 4.69) is 5.32 Å². The summed E-state index contributed by atoms with van der Waals surface area (Å²) in [6.07, 6.45) is -0.0625. The largest absolute Gasteiger partial charge is 0.338 e. The molecular weight excluding hydrogens is 333 g/mol. The fraction of sp³-hybridized carbons (Fsp3) is 0.222. The lowest BCUT2D eigenvalue weighted by atomic mass is 10.2. The first kappa shape index (κ1) is 18.5. The first-order valence-electron chi connectivity index (χ1n) is 7.60. The summed E-state index contributed by atoms with van der Waals surface area (Å²) in [6.45, 7) is 1.44. The molecule has 2 rings (SSSR count). The van der Waals surface area contributed by atoms with Gasteiger partial charge in [-0.1, -0.05) is 18.2 Å². The van der Waals surface area contributed by atoms with Crippen LogP contribution in [0.4, 0.5) is 18.9 Å². The number of nitrogens with one attached hydrogen (secondary N) is 1. The number of benzene rings is 2. The summed E-state index contributed by atoms with van der Waals surface area (Å²) < 4.78 is 39.7. The quantitative estimate of drug-likeness (QED) is 0.867. The highest BCUT2D eigenvalue weighted by atomic mass is 19.2. The van der Waals surface area contributed by atoms with Crippen LogP contribution in [-0.2, 0) is 16.1 Å². The minimum atomic E-state index is -1.07. The predicted octanol–water partition coefficient (Wildman–Crippen LogP) is 3.48. The molecule has 0 bridgehead atoms. The van der Waals surface area contributed by atoms with Crippen molar-refractivity contribution in [2.24, 2.45) is 0 Å². The molecule has 0 aromatic heterocycles. The van der Waals surface area contributed by atoms with E-state index in [1.54, 1.807) is 18.2 Å². The topological polar surface area (TPSA) is 49.4 Å². The normalized spacial score (nSPS) is 10.4. The van der Waals surface area contributed by atoms with Crippen LogP contribution in [0.15, 0.2) is 42.5 Å². The molecule has 0 fully saturated rings. The van der Waals surface area contributed by atoms with E-state index in [1.807, 2.05) is 0 Å². The van der Waals surface area contributed by atoms with Crippen LogP contribution >= 0.6 is 0 Å². The van der Waals surface area contributed by atoms with Crippen molar-refractivity contribution in [3.8, 4) is 0 Å². The third-order valence-electron chi connectivity index (χ3n) is 3.58. The minimum absolute atomic E-state index is 0.0421. The lowest BCUT2D eigenvalue weighted by Gasteiger charge is -2.21. The number of hydrogen-bond acceptors (Lipinski definition) is 2. The van der Waals surface area contributed by atoms with E-state index in [0.717, 1.165) is 12.1 Å². The molecule has 0 aliphatic heterocycles. The third kappa shape index (κ3) is 5.34. The van der Waals surface area contributed by atoms with Crippen LogP contribution in [0.1, 0.15) is 18.9 Å². The van der Waals surface area contributed by atoms with Gasteiger partial charge in [0, 0.05) is 43.8 Å². The number of carbonyl (C=O) groups excluding carboxylic acids is 2. The van der Waals surface area contributed by atoms with Crippen molar-refractivity contribution in [2.75, 3.05) is 11.9 Å². The predicted molar refractivity (Wildman–Crippen MR) is 87.1 cm³/mol. The number of hydrogen-bond donors (Lipinski definition) is 1. The number of amides is 2. The summed E-state index contributed by atoms with van der Waals surface area (Å²) in [5.41, 5.74) is 0.464. The first-order valence-corrected chi connectivity index (χ1v) is 7.60. The van der Waals surface area contributed by atoms with Gasteiger partial charge in [-0.25, -0.2) is 13.2 Å². The highest BCUT2D eigenvalue weighted by Gasteiger charge is 2.14. The number of nitrogens with zero attached hydrogens (tertiary/aromatic N) is 1. The second-order valence-electron chi connectivity index (χ2n) is 5.46. The van der Waals surface area contributed by atoms with Crippen LogP contribution in [0, 0.1) is 17.5 Å². The van der Waals surface area contributed by atoms with Crippen LogP contribution in [0.2, 0.25) is 0 Å². The molecule has 132 valence electrons. The Kier molecular flexibility index (Phi) is 6.16. The SMILES string of the molecule is CC(=O)N(CCC(=O)Nc1ccc(F)c(F)c1)Cc1ccccc1F. The number of anilines is 1. The standard InChI is InChI=1S/C18H17F3N2O2/c1-12(24)23(11-13-4-2-3-5-15(13)19)9-8-18(25)22-14-6-7-16(20)17(21)10-14/h2-7,10H,8-9,11H2,1H3,(H,22,25). The molecule has 0 aliphatic carbocycles. The summed E-state index contributed by atoms with van der Waals surface area (Å²) in [4.78, 5) is 24.9. The van der Waals surface area contributed by atoms with E-state index >= 15 is 0 Å². The van der Waals surface area contributed by atoms with Crippen LogP contribution in [0.3, 0.4) is 0 Å². The Labute approximate surface area is 143 Å². The van der Waals surface area contributed by atoms with Crippen molar-refractivity contribution >= 4 is 17.5 Å². The smallest absolute Gasteiger partial charge is 0.226 e. The van der Waals surface area contributed by atoms with Crippen molar-refractivity contribution in [2.45, 2.75) is 19.9 Å². The highest BCUT2D eigenvalue weighted by molar-refractivity contribution is 5.91. The summed E-state index contributed by atoms with van der Waals surface area (Å²) in [7, 11) is 0. The molecule has 2 aromatic rings. The summed E-state index contributed by atoms with van der Waals surface area (Å²) in [5.74, 6) is -3.27. The third-order valence-corrected chi connectivity index (χ3v) is 3.58. The van der Waals surface area contributed by atoms with Crippen LogP contribution < -0.4 is 5.32 Å². The monoisotopic (exact) mass is 350 g/mol. The van der Waals surface area contributed by atoms with Gasteiger partial charge in [0.1, 0.15) is 5.82 Å². The molecule has 4 nitrogen and oxygen atoms in total. The molecule has 0 saturated carbocycles. The molecule has 0 spiro atoms. The molecule has 0 heterocycles. The maximum atomic E-state index is 13.7. The number of carbonyl (C=O) groups is 2.